The van der Waals surface area contributed by atoms with Gasteiger partial charge >= 0.3 is 11.9 Å². The molecule has 13 heavy (non-hydrogen) atoms. The molecule has 3 heteroatoms. The second kappa shape index (κ2) is 2.03. The Bertz CT molecular complexity index is 301. The quantitative estimate of drug-likeness (QED) is 0.312. The summed E-state index contributed by atoms with van der Waals surface area (Å²) in [5.41, 5.74) is 0. The lowest BCUT2D eigenvalue weighted by Gasteiger charge is -2.12. The zero-order valence-electron chi connectivity index (χ0n) is 7.27. The number of esters is 2. The fourth-order valence-corrected chi connectivity index (χ4v) is 3.08. The van der Waals surface area contributed by atoms with Gasteiger partial charge in [0.15, 0.2) is 0 Å². The van der Waals surface area contributed by atoms with Crippen LogP contribution in [0.1, 0.15) is 6.92 Å². The van der Waals surface area contributed by atoms with Crippen LogP contribution in [0.5, 0.6) is 0 Å². The molecular weight excluding hydrogens is 168 g/mol. The highest BCUT2D eigenvalue weighted by atomic mass is 16.6. The molecule has 1 heterocycles. The third-order valence-corrected chi connectivity index (χ3v) is 3.73. The van der Waals surface area contributed by atoms with Gasteiger partial charge in [-0.05, 0) is 17.8 Å². The Kier molecular flexibility index (Phi) is 1.14. The van der Waals surface area contributed by atoms with E-state index >= 15 is 0 Å². The normalized spacial score (nSPS) is 51.3. The van der Waals surface area contributed by atoms with Crippen LogP contribution in [0.25, 0.3) is 0 Å². The molecule has 0 N–H and O–H groups in total. The monoisotopic (exact) mass is 178 g/mol. The maximum Gasteiger partial charge on any atom is 0.318 e. The topological polar surface area (TPSA) is 43.4 Å². The molecule has 0 amide bonds. The van der Waals surface area contributed by atoms with Crippen molar-refractivity contribution in [3.05, 3.63) is 12.2 Å². The Morgan fingerprint density at radius 2 is 1.54 bits per heavy atom. The predicted octanol–water partition coefficient (Wildman–Crippen LogP) is 0.754. The van der Waals surface area contributed by atoms with Crippen molar-refractivity contribution in [1.82, 2.24) is 0 Å². The molecule has 1 aliphatic heterocycles. The largest absolute Gasteiger partial charge is 0.393 e. The SMILES string of the molecule is CC1[C@@H]2C=C[C@@H]1[C@H]1C(=O)OC(=O)[C@H]12. The Hall–Kier alpha value is -1.12. The lowest BCUT2D eigenvalue weighted by molar-refractivity contribution is -0.155. The maximum absolute atomic E-state index is 11.3. The third-order valence-electron chi connectivity index (χ3n) is 3.73. The van der Waals surface area contributed by atoms with E-state index in [1.807, 2.05) is 0 Å². The summed E-state index contributed by atoms with van der Waals surface area (Å²) in [6, 6.07) is 0. The number of carbonyl (C=O) groups excluding carboxylic acids is 2. The number of hydrogen-bond donors (Lipinski definition) is 0. The molecule has 2 fully saturated rings. The molecular formula is C10H10O3. The van der Waals surface area contributed by atoms with Crippen molar-refractivity contribution in [2.45, 2.75) is 6.92 Å². The van der Waals surface area contributed by atoms with Crippen molar-refractivity contribution in [2.75, 3.05) is 0 Å². The van der Waals surface area contributed by atoms with Crippen LogP contribution in [0.15, 0.2) is 12.2 Å². The number of hydrogen-bond acceptors (Lipinski definition) is 3. The summed E-state index contributed by atoms with van der Waals surface area (Å²) >= 11 is 0. The fourth-order valence-electron chi connectivity index (χ4n) is 3.08. The molecule has 1 unspecified atom stereocenters. The fraction of sp³-hybridized carbons (Fsp3) is 0.600. The maximum atomic E-state index is 11.3. The molecule has 0 spiro atoms. The molecule has 2 aliphatic carbocycles. The summed E-state index contributed by atoms with van der Waals surface area (Å²) in [5.74, 6) is -0.0258. The number of carbonyl (C=O) groups is 2. The number of cyclic esters (lactones) is 2. The second-order valence-corrected chi connectivity index (χ2v) is 4.19. The predicted molar refractivity (Wildman–Crippen MR) is 43.4 cm³/mol. The van der Waals surface area contributed by atoms with Gasteiger partial charge in [0, 0.05) is 0 Å². The number of allylic oxidation sites excluding steroid dienone is 2. The van der Waals surface area contributed by atoms with Gasteiger partial charge in [-0.25, -0.2) is 0 Å². The van der Waals surface area contributed by atoms with Crippen LogP contribution in [0.4, 0.5) is 0 Å². The lowest BCUT2D eigenvalue weighted by atomic mass is 9.85. The van der Waals surface area contributed by atoms with E-state index in [0.29, 0.717) is 5.92 Å². The molecule has 3 aliphatic rings. The standard InChI is InChI=1S/C10H10O3/c1-4-5-2-3-6(4)8-7(5)9(11)13-10(8)12/h2-8H,1H3/t4?,5-,6-,7-,8+/m0/s1. The van der Waals surface area contributed by atoms with Crippen LogP contribution in [0.3, 0.4) is 0 Å². The molecule has 0 radical (unpaired) electrons. The number of fused-ring (bicyclic) bond motifs is 5. The Balaban J connectivity index is 2.09. The van der Waals surface area contributed by atoms with Crippen LogP contribution in [0.2, 0.25) is 0 Å². The van der Waals surface area contributed by atoms with Crippen LogP contribution >= 0.6 is 0 Å². The molecule has 0 aromatic carbocycles. The average molecular weight is 178 g/mol. The van der Waals surface area contributed by atoms with Crippen LogP contribution in [-0.2, 0) is 14.3 Å². The lowest BCUT2D eigenvalue weighted by Crippen LogP contribution is -2.21. The van der Waals surface area contributed by atoms with E-state index in [-0.39, 0.29) is 35.6 Å². The van der Waals surface area contributed by atoms with Gasteiger partial charge in [0.2, 0.25) is 0 Å². The number of ether oxygens (including phenoxy) is 1. The minimum Gasteiger partial charge on any atom is -0.393 e. The van der Waals surface area contributed by atoms with Gasteiger partial charge < -0.3 is 4.74 Å². The Labute approximate surface area is 75.8 Å². The van der Waals surface area contributed by atoms with Gasteiger partial charge in [0.1, 0.15) is 0 Å². The van der Waals surface area contributed by atoms with E-state index in [1.54, 1.807) is 0 Å². The van der Waals surface area contributed by atoms with E-state index in [0.717, 1.165) is 0 Å². The van der Waals surface area contributed by atoms with E-state index in [9.17, 15) is 9.59 Å². The van der Waals surface area contributed by atoms with Gasteiger partial charge in [-0.2, -0.15) is 0 Å². The molecule has 1 saturated heterocycles. The summed E-state index contributed by atoms with van der Waals surface area (Å²) in [4.78, 5) is 22.6. The van der Waals surface area contributed by atoms with Crippen molar-refractivity contribution in [1.29, 1.82) is 0 Å². The van der Waals surface area contributed by atoms with E-state index in [2.05, 4.69) is 23.8 Å². The molecule has 1 saturated carbocycles. The van der Waals surface area contributed by atoms with Crippen molar-refractivity contribution >= 4 is 11.9 Å². The van der Waals surface area contributed by atoms with Crippen LogP contribution in [0, 0.1) is 29.6 Å². The zero-order chi connectivity index (χ0) is 9.16. The van der Waals surface area contributed by atoms with Gasteiger partial charge in [-0.1, -0.05) is 19.1 Å². The molecule has 0 aromatic heterocycles. The van der Waals surface area contributed by atoms with Crippen LogP contribution < -0.4 is 0 Å². The molecule has 5 atom stereocenters. The van der Waals surface area contributed by atoms with Crippen molar-refractivity contribution in [3.63, 3.8) is 0 Å². The van der Waals surface area contributed by atoms with Gasteiger partial charge in [-0.15, -0.1) is 0 Å². The Morgan fingerprint density at radius 1 is 1.08 bits per heavy atom. The number of rotatable bonds is 0. The zero-order valence-corrected chi connectivity index (χ0v) is 7.27. The summed E-state index contributed by atoms with van der Waals surface area (Å²) in [6.45, 7) is 2.11. The highest BCUT2D eigenvalue weighted by Crippen LogP contribution is 2.55. The smallest absolute Gasteiger partial charge is 0.318 e. The van der Waals surface area contributed by atoms with E-state index in [4.69, 9.17) is 0 Å². The van der Waals surface area contributed by atoms with Gasteiger partial charge in [0.25, 0.3) is 0 Å². The molecule has 0 aromatic rings. The first-order chi connectivity index (χ1) is 6.20. The first-order valence-corrected chi connectivity index (χ1v) is 4.64. The van der Waals surface area contributed by atoms with Crippen molar-refractivity contribution in [2.24, 2.45) is 29.6 Å². The molecule has 3 rings (SSSR count). The summed E-state index contributed by atoms with van der Waals surface area (Å²) in [7, 11) is 0. The summed E-state index contributed by atoms with van der Waals surface area (Å²) in [5, 5.41) is 0. The molecule has 3 nitrogen and oxygen atoms in total. The average Bonchev–Trinajstić information content (AvgIpc) is 2.67. The third kappa shape index (κ3) is 0.666. The van der Waals surface area contributed by atoms with Crippen LogP contribution in [-0.4, -0.2) is 11.9 Å². The van der Waals surface area contributed by atoms with Gasteiger partial charge in [0.05, 0.1) is 11.8 Å². The van der Waals surface area contributed by atoms with Gasteiger partial charge in [-0.3, -0.25) is 9.59 Å². The summed E-state index contributed by atoms with van der Waals surface area (Å²) in [6.07, 6.45) is 4.13. The first kappa shape index (κ1) is 7.30. The molecule has 2 bridgehead atoms. The highest BCUT2D eigenvalue weighted by molar-refractivity contribution is 5.98. The van der Waals surface area contributed by atoms with E-state index in [1.165, 1.54) is 0 Å². The molecule has 68 valence electrons. The summed E-state index contributed by atoms with van der Waals surface area (Å²) < 4.78 is 4.64. The first-order valence-electron chi connectivity index (χ1n) is 4.64. The minimum absolute atomic E-state index is 0.169. The minimum atomic E-state index is -0.307. The highest BCUT2D eigenvalue weighted by Gasteiger charge is 2.61. The van der Waals surface area contributed by atoms with Crippen molar-refractivity contribution in [3.8, 4) is 0 Å². The second-order valence-electron chi connectivity index (χ2n) is 4.19. The van der Waals surface area contributed by atoms with Crippen molar-refractivity contribution < 1.29 is 14.3 Å². The van der Waals surface area contributed by atoms with E-state index < -0.39 is 0 Å². The Morgan fingerprint density at radius 3 is 2.00 bits per heavy atom.